The van der Waals surface area contributed by atoms with E-state index in [-0.39, 0.29) is 11.5 Å². The maximum atomic E-state index is 14.0. The molecule has 5 heteroatoms. The molecule has 1 aliphatic rings. The van der Waals surface area contributed by atoms with Gasteiger partial charge in [-0.05, 0) is 54.7 Å². The Hall–Kier alpha value is -3.47. The van der Waals surface area contributed by atoms with Gasteiger partial charge in [-0.25, -0.2) is 4.39 Å². The number of fused-ring (bicyclic) bond motifs is 1. The van der Waals surface area contributed by atoms with E-state index in [1.165, 1.54) is 6.07 Å². The van der Waals surface area contributed by atoms with Gasteiger partial charge in [0.05, 0.1) is 0 Å². The van der Waals surface area contributed by atoms with E-state index in [0.29, 0.717) is 17.7 Å². The Morgan fingerprint density at radius 2 is 1.73 bits per heavy atom. The first-order chi connectivity index (χ1) is 14.5. The van der Waals surface area contributed by atoms with Crippen LogP contribution in [0.25, 0.3) is 0 Å². The number of para-hydroxylation sites is 1. The summed E-state index contributed by atoms with van der Waals surface area (Å²) in [5.41, 5.74) is 3.34. The highest BCUT2D eigenvalue weighted by molar-refractivity contribution is 6.03. The molecule has 1 heterocycles. The number of nitrogens with one attached hydrogen (secondary N) is 1. The monoisotopic (exact) mass is 402 g/mol. The molecule has 0 saturated carbocycles. The number of anilines is 1. The summed E-state index contributed by atoms with van der Waals surface area (Å²) >= 11 is 0. The molecule has 0 fully saturated rings. The van der Waals surface area contributed by atoms with Gasteiger partial charge in [0.1, 0.15) is 11.9 Å². The maximum Gasteiger partial charge on any atom is 0.254 e. The lowest BCUT2D eigenvalue weighted by Crippen LogP contribution is -2.45. The fourth-order valence-corrected chi connectivity index (χ4v) is 3.80. The lowest BCUT2D eigenvalue weighted by molar-refractivity contribution is -0.120. The normalized spacial score (nSPS) is 14.0. The molecule has 0 aromatic heterocycles. The molecular formula is C25H23FN2O2. The minimum atomic E-state index is -0.866. The van der Waals surface area contributed by atoms with Crippen LogP contribution < -0.4 is 10.2 Å². The summed E-state index contributed by atoms with van der Waals surface area (Å²) in [6.07, 6.45) is 1.78. The number of amides is 2. The van der Waals surface area contributed by atoms with Gasteiger partial charge in [0, 0.05) is 17.8 Å². The van der Waals surface area contributed by atoms with Gasteiger partial charge in [-0.2, -0.15) is 0 Å². The molecule has 1 N–H and O–H groups in total. The van der Waals surface area contributed by atoms with Gasteiger partial charge in [0.15, 0.2) is 0 Å². The molecule has 0 aliphatic carbocycles. The van der Waals surface area contributed by atoms with Crippen LogP contribution in [0.2, 0.25) is 0 Å². The molecule has 2 amide bonds. The summed E-state index contributed by atoms with van der Waals surface area (Å²) in [6, 6.07) is 20.5. The average molecular weight is 402 g/mol. The Labute approximate surface area is 175 Å². The first-order valence-corrected chi connectivity index (χ1v) is 10.1. The molecule has 0 bridgehead atoms. The van der Waals surface area contributed by atoms with Crippen molar-refractivity contribution in [1.82, 2.24) is 5.32 Å². The van der Waals surface area contributed by atoms with E-state index in [0.717, 1.165) is 24.1 Å². The Kier molecular flexibility index (Phi) is 5.61. The third kappa shape index (κ3) is 3.96. The molecule has 3 aromatic carbocycles. The van der Waals surface area contributed by atoms with Crippen molar-refractivity contribution in [1.29, 1.82) is 0 Å². The van der Waals surface area contributed by atoms with Crippen LogP contribution in [0.3, 0.4) is 0 Å². The molecule has 0 radical (unpaired) electrons. The average Bonchev–Trinajstić information content (AvgIpc) is 2.79. The second-order valence-electron chi connectivity index (χ2n) is 7.50. The Morgan fingerprint density at radius 1 is 1.00 bits per heavy atom. The second kappa shape index (κ2) is 8.49. The lowest BCUT2D eigenvalue weighted by atomic mass is 9.99. The van der Waals surface area contributed by atoms with E-state index < -0.39 is 17.8 Å². The van der Waals surface area contributed by atoms with E-state index in [1.807, 2.05) is 54.6 Å². The third-order valence-corrected chi connectivity index (χ3v) is 5.47. The molecule has 1 aliphatic heterocycles. The van der Waals surface area contributed by atoms with Gasteiger partial charge in [0.2, 0.25) is 0 Å². The number of rotatable bonds is 4. The number of halogens is 1. The van der Waals surface area contributed by atoms with E-state index in [1.54, 1.807) is 24.0 Å². The molecular weight excluding hydrogens is 379 g/mol. The predicted octanol–water partition coefficient (Wildman–Crippen LogP) is 4.58. The Morgan fingerprint density at radius 3 is 2.50 bits per heavy atom. The zero-order valence-electron chi connectivity index (χ0n) is 16.8. The zero-order valence-corrected chi connectivity index (χ0v) is 16.8. The number of hydrogen-bond acceptors (Lipinski definition) is 2. The van der Waals surface area contributed by atoms with E-state index in [2.05, 4.69) is 5.32 Å². The second-order valence-corrected chi connectivity index (χ2v) is 7.50. The SMILES string of the molecule is Cc1ccc(C(=O)N[C@@H](C(=O)N2CCCc3ccccc32)c2ccccc2)cc1F. The zero-order chi connectivity index (χ0) is 21.1. The van der Waals surface area contributed by atoms with Crippen molar-refractivity contribution in [3.05, 3.63) is 101 Å². The fourth-order valence-electron chi connectivity index (χ4n) is 3.80. The van der Waals surface area contributed by atoms with Gasteiger partial charge in [-0.1, -0.05) is 54.6 Å². The maximum absolute atomic E-state index is 14.0. The summed E-state index contributed by atoms with van der Waals surface area (Å²) < 4.78 is 14.0. The summed E-state index contributed by atoms with van der Waals surface area (Å²) in [4.78, 5) is 28.2. The van der Waals surface area contributed by atoms with Crippen LogP contribution in [-0.2, 0) is 11.2 Å². The highest BCUT2D eigenvalue weighted by Crippen LogP contribution is 2.29. The van der Waals surface area contributed by atoms with Crippen molar-refractivity contribution in [2.75, 3.05) is 11.4 Å². The smallest absolute Gasteiger partial charge is 0.254 e. The van der Waals surface area contributed by atoms with Crippen molar-refractivity contribution >= 4 is 17.5 Å². The molecule has 0 saturated heterocycles. The molecule has 0 unspecified atom stereocenters. The summed E-state index contributed by atoms with van der Waals surface area (Å²) in [5, 5.41) is 2.83. The van der Waals surface area contributed by atoms with Crippen molar-refractivity contribution in [2.45, 2.75) is 25.8 Å². The van der Waals surface area contributed by atoms with E-state index >= 15 is 0 Å². The summed E-state index contributed by atoms with van der Waals surface area (Å²) in [6.45, 7) is 2.23. The third-order valence-electron chi connectivity index (χ3n) is 5.47. The van der Waals surface area contributed by atoms with Crippen molar-refractivity contribution < 1.29 is 14.0 Å². The van der Waals surface area contributed by atoms with Crippen LogP contribution in [0.15, 0.2) is 72.8 Å². The van der Waals surface area contributed by atoms with Crippen molar-refractivity contribution in [2.24, 2.45) is 0 Å². The largest absolute Gasteiger partial charge is 0.336 e. The first kappa shape index (κ1) is 19.8. The molecule has 4 rings (SSSR count). The van der Waals surface area contributed by atoms with E-state index in [4.69, 9.17) is 0 Å². The molecule has 1 atom stereocenters. The number of aryl methyl sites for hydroxylation is 2. The van der Waals surface area contributed by atoms with Crippen LogP contribution in [0, 0.1) is 12.7 Å². The summed E-state index contributed by atoms with van der Waals surface area (Å²) in [5.74, 6) is -1.13. The molecule has 4 nitrogen and oxygen atoms in total. The number of hydrogen-bond donors (Lipinski definition) is 1. The number of nitrogens with zero attached hydrogens (tertiary/aromatic N) is 1. The van der Waals surface area contributed by atoms with Gasteiger partial charge in [-0.3, -0.25) is 9.59 Å². The number of carbonyl (C=O) groups is 2. The van der Waals surface area contributed by atoms with E-state index in [9.17, 15) is 14.0 Å². The van der Waals surface area contributed by atoms with Crippen LogP contribution in [0.5, 0.6) is 0 Å². The van der Waals surface area contributed by atoms with Crippen molar-refractivity contribution in [3.8, 4) is 0 Å². The van der Waals surface area contributed by atoms with Gasteiger partial charge < -0.3 is 10.2 Å². The first-order valence-electron chi connectivity index (χ1n) is 10.1. The minimum absolute atomic E-state index is 0.186. The molecule has 3 aromatic rings. The fraction of sp³-hybridized carbons (Fsp3) is 0.200. The minimum Gasteiger partial charge on any atom is -0.336 e. The van der Waals surface area contributed by atoms with Crippen LogP contribution in [-0.4, -0.2) is 18.4 Å². The van der Waals surface area contributed by atoms with Crippen LogP contribution >= 0.6 is 0 Å². The van der Waals surface area contributed by atoms with Crippen LogP contribution in [0.4, 0.5) is 10.1 Å². The van der Waals surface area contributed by atoms with Crippen molar-refractivity contribution in [3.63, 3.8) is 0 Å². The molecule has 0 spiro atoms. The van der Waals surface area contributed by atoms with Gasteiger partial charge in [-0.15, -0.1) is 0 Å². The van der Waals surface area contributed by atoms with Gasteiger partial charge in [0.25, 0.3) is 11.8 Å². The summed E-state index contributed by atoms with van der Waals surface area (Å²) in [7, 11) is 0. The highest BCUT2D eigenvalue weighted by Gasteiger charge is 2.31. The number of carbonyl (C=O) groups excluding carboxylic acids is 2. The Balaban J connectivity index is 1.66. The molecule has 152 valence electrons. The standard InChI is InChI=1S/C25H23FN2O2/c1-17-13-14-20(16-21(17)26)24(29)27-23(19-9-3-2-4-10-19)25(30)28-15-7-11-18-8-5-6-12-22(18)28/h2-6,8-10,12-14,16,23H,7,11,15H2,1H3,(H,27,29)/t23-/m1/s1. The highest BCUT2D eigenvalue weighted by atomic mass is 19.1. The quantitative estimate of drug-likeness (QED) is 0.694. The molecule has 30 heavy (non-hydrogen) atoms. The number of benzene rings is 3. The topological polar surface area (TPSA) is 49.4 Å². The van der Waals surface area contributed by atoms with Crippen LogP contribution in [0.1, 0.15) is 39.5 Å². The van der Waals surface area contributed by atoms with Gasteiger partial charge >= 0.3 is 0 Å². The predicted molar refractivity (Wildman–Crippen MR) is 115 cm³/mol. The Bertz CT molecular complexity index is 1080. The lowest BCUT2D eigenvalue weighted by Gasteiger charge is -2.32.